The summed E-state index contributed by atoms with van der Waals surface area (Å²) in [6.45, 7) is 1.96. The summed E-state index contributed by atoms with van der Waals surface area (Å²) < 4.78 is 22.8. The zero-order valence-electron chi connectivity index (χ0n) is 8.53. The van der Waals surface area contributed by atoms with Crippen LogP contribution in [0.1, 0.15) is 12.5 Å². The second-order valence-electron chi connectivity index (χ2n) is 3.07. The molecule has 1 rings (SSSR count). The van der Waals surface area contributed by atoms with Crippen LogP contribution >= 0.6 is 0 Å². The molecule has 0 saturated carbocycles. The molecule has 0 fully saturated rings. The second-order valence-corrected chi connectivity index (χ2v) is 5.05. The Morgan fingerprint density at radius 2 is 2.14 bits per heavy atom. The quantitative estimate of drug-likeness (QED) is 0.818. The van der Waals surface area contributed by atoms with Gasteiger partial charge in [0.05, 0.1) is 0 Å². The van der Waals surface area contributed by atoms with Crippen molar-refractivity contribution < 1.29 is 8.42 Å². The van der Waals surface area contributed by atoms with Crippen LogP contribution in [0.5, 0.6) is 0 Å². The van der Waals surface area contributed by atoms with Crippen LogP contribution in [-0.2, 0) is 16.3 Å². The first-order chi connectivity index (χ1) is 6.49. The molecule has 0 saturated heterocycles. The molecule has 14 heavy (non-hydrogen) atoms. The number of anilines is 1. The molecule has 0 aliphatic heterocycles. The van der Waals surface area contributed by atoms with E-state index in [4.69, 9.17) is 0 Å². The van der Waals surface area contributed by atoms with Crippen LogP contribution in [0.3, 0.4) is 0 Å². The molecule has 0 aliphatic rings. The molecule has 1 aromatic rings. The smallest absolute Gasteiger partial charge is 0.179 e. The van der Waals surface area contributed by atoms with Gasteiger partial charge >= 0.3 is 0 Å². The largest absolute Gasteiger partial charge is 0.372 e. The van der Waals surface area contributed by atoms with Gasteiger partial charge in [-0.15, -0.1) is 0 Å². The minimum Gasteiger partial charge on any atom is -0.372 e. The molecule has 78 valence electrons. The van der Waals surface area contributed by atoms with Crippen molar-refractivity contribution in [2.24, 2.45) is 0 Å². The van der Waals surface area contributed by atoms with Gasteiger partial charge < -0.3 is 5.32 Å². The monoisotopic (exact) mass is 214 g/mol. The Balaban J connectivity index is 3.37. The maximum Gasteiger partial charge on any atom is 0.179 e. The molecule has 0 spiro atoms. The molecule has 1 heterocycles. The number of hydrogen-bond donors (Lipinski definition) is 1. The standard InChI is InChI=1S/C9H14N2O2S/c1-4-7-5-8(14(3,12)13)9(10-2)11-6-7/h5-6H,4H2,1-3H3,(H,10,11). The second kappa shape index (κ2) is 3.96. The molecule has 0 bridgehead atoms. The van der Waals surface area contributed by atoms with E-state index in [1.165, 1.54) is 6.26 Å². The van der Waals surface area contributed by atoms with Crippen molar-refractivity contribution in [2.45, 2.75) is 18.2 Å². The van der Waals surface area contributed by atoms with Gasteiger partial charge in [0.25, 0.3) is 0 Å². The summed E-state index contributed by atoms with van der Waals surface area (Å²) in [5.74, 6) is 0.407. The van der Waals surface area contributed by atoms with Crippen molar-refractivity contribution in [1.82, 2.24) is 4.98 Å². The predicted molar refractivity (Wildman–Crippen MR) is 56.3 cm³/mol. The van der Waals surface area contributed by atoms with Gasteiger partial charge in [0.1, 0.15) is 10.7 Å². The summed E-state index contributed by atoms with van der Waals surface area (Å²) in [6, 6.07) is 1.66. The summed E-state index contributed by atoms with van der Waals surface area (Å²) in [5, 5.41) is 2.76. The molecule has 0 radical (unpaired) electrons. The summed E-state index contributed by atoms with van der Waals surface area (Å²) in [6.07, 6.45) is 3.64. The van der Waals surface area contributed by atoms with E-state index in [0.29, 0.717) is 5.82 Å². The fourth-order valence-corrected chi connectivity index (χ4v) is 2.02. The minimum absolute atomic E-state index is 0.263. The first-order valence-electron chi connectivity index (χ1n) is 4.35. The summed E-state index contributed by atoms with van der Waals surface area (Å²) in [4.78, 5) is 4.31. The number of pyridine rings is 1. The Morgan fingerprint density at radius 1 is 1.50 bits per heavy atom. The highest BCUT2D eigenvalue weighted by atomic mass is 32.2. The van der Waals surface area contributed by atoms with Crippen LogP contribution in [-0.4, -0.2) is 26.7 Å². The number of nitrogens with zero attached hydrogens (tertiary/aromatic N) is 1. The van der Waals surface area contributed by atoms with Gasteiger partial charge in [0.15, 0.2) is 9.84 Å². The number of hydrogen-bond acceptors (Lipinski definition) is 4. The topological polar surface area (TPSA) is 59.1 Å². The van der Waals surface area contributed by atoms with Crippen molar-refractivity contribution in [2.75, 3.05) is 18.6 Å². The zero-order valence-corrected chi connectivity index (χ0v) is 9.35. The first-order valence-corrected chi connectivity index (χ1v) is 6.25. The van der Waals surface area contributed by atoms with E-state index >= 15 is 0 Å². The van der Waals surface area contributed by atoms with Crippen molar-refractivity contribution in [3.05, 3.63) is 17.8 Å². The molecule has 0 atom stereocenters. The van der Waals surface area contributed by atoms with E-state index in [0.717, 1.165) is 12.0 Å². The van der Waals surface area contributed by atoms with Gasteiger partial charge in [-0.25, -0.2) is 13.4 Å². The highest BCUT2D eigenvalue weighted by Crippen LogP contribution is 2.19. The number of aryl methyl sites for hydroxylation is 1. The Hall–Kier alpha value is -1.10. The Labute approximate surface area is 84.3 Å². The van der Waals surface area contributed by atoms with E-state index in [1.807, 2.05) is 6.92 Å². The van der Waals surface area contributed by atoms with Crippen LogP contribution < -0.4 is 5.32 Å². The first kappa shape index (κ1) is 11.0. The Kier molecular flexibility index (Phi) is 3.10. The third-order valence-corrected chi connectivity index (χ3v) is 3.06. The van der Waals surface area contributed by atoms with Crippen molar-refractivity contribution in [3.63, 3.8) is 0 Å². The van der Waals surface area contributed by atoms with Crippen LogP contribution in [0.2, 0.25) is 0 Å². The highest BCUT2D eigenvalue weighted by Gasteiger charge is 2.13. The van der Waals surface area contributed by atoms with Gasteiger partial charge in [-0.3, -0.25) is 0 Å². The molecule has 0 amide bonds. The fraction of sp³-hybridized carbons (Fsp3) is 0.444. The Morgan fingerprint density at radius 3 is 2.57 bits per heavy atom. The number of nitrogens with one attached hydrogen (secondary N) is 1. The summed E-state index contributed by atoms with van der Waals surface area (Å²) in [7, 11) is -1.55. The van der Waals surface area contributed by atoms with E-state index in [1.54, 1.807) is 19.3 Å². The van der Waals surface area contributed by atoms with E-state index in [2.05, 4.69) is 10.3 Å². The molecular weight excluding hydrogens is 200 g/mol. The highest BCUT2D eigenvalue weighted by molar-refractivity contribution is 7.90. The van der Waals surface area contributed by atoms with Crippen LogP contribution in [0, 0.1) is 0 Å². The van der Waals surface area contributed by atoms with Crippen molar-refractivity contribution in [1.29, 1.82) is 0 Å². The van der Waals surface area contributed by atoms with Gasteiger partial charge in [0.2, 0.25) is 0 Å². The third-order valence-electron chi connectivity index (χ3n) is 1.95. The molecule has 0 aliphatic carbocycles. The molecule has 1 aromatic heterocycles. The summed E-state index contributed by atoms with van der Waals surface area (Å²) >= 11 is 0. The van der Waals surface area contributed by atoms with Crippen LogP contribution in [0.25, 0.3) is 0 Å². The maximum absolute atomic E-state index is 11.4. The van der Waals surface area contributed by atoms with Crippen molar-refractivity contribution in [3.8, 4) is 0 Å². The van der Waals surface area contributed by atoms with Gasteiger partial charge in [0, 0.05) is 19.5 Å². The predicted octanol–water partition coefficient (Wildman–Crippen LogP) is 1.09. The number of sulfone groups is 1. The maximum atomic E-state index is 11.4. The van der Waals surface area contributed by atoms with Crippen LogP contribution in [0.15, 0.2) is 17.2 Å². The lowest BCUT2D eigenvalue weighted by Gasteiger charge is -2.07. The molecular formula is C9H14N2O2S. The van der Waals surface area contributed by atoms with Gasteiger partial charge in [-0.1, -0.05) is 6.92 Å². The normalized spacial score (nSPS) is 11.4. The number of rotatable bonds is 3. The zero-order chi connectivity index (χ0) is 10.8. The fourth-order valence-electron chi connectivity index (χ4n) is 1.15. The lowest BCUT2D eigenvalue weighted by Crippen LogP contribution is -2.05. The minimum atomic E-state index is -3.20. The van der Waals surface area contributed by atoms with Crippen molar-refractivity contribution >= 4 is 15.7 Å². The van der Waals surface area contributed by atoms with Gasteiger partial charge in [-0.2, -0.15) is 0 Å². The molecule has 5 heteroatoms. The molecule has 4 nitrogen and oxygen atoms in total. The van der Waals surface area contributed by atoms with E-state index in [9.17, 15) is 8.42 Å². The number of aromatic nitrogens is 1. The lowest BCUT2D eigenvalue weighted by atomic mass is 10.2. The lowest BCUT2D eigenvalue weighted by molar-refractivity contribution is 0.601. The third kappa shape index (κ3) is 2.23. The molecule has 0 aromatic carbocycles. The van der Waals surface area contributed by atoms with Crippen LogP contribution in [0.4, 0.5) is 5.82 Å². The Bertz CT molecular complexity index is 426. The SMILES string of the molecule is CCc1cnc(NC)c(S(C)(=O)=O)c1. The average molecular weight is 214 g/mol. The molecule has 0 unspecified atom stereocenters. The average Bonchev–Trinajstić information content (AvgIpc) is 2.15. The van der Waals surface area contributed by atoms with E-state index < -0.39 is 9.84 Å². The molecule has 1 N–H and O–H groups in total. The van der Waals surface area contributed by atoms with E-state index in [-0.39, 0.29) is 4.90 Å². The summed E-state index contributed by atoms with van der Waals surface area (Å²) in [5.41, 5.74) is 0.921. The van der Waals surface area contributed by atoms with Gasteiger partial charge in [-0.05, 0) is 18.1 Å².